The van der Waals surface area contributed by atoms with Gasteiger partial charge in [-0.15, -0.1) is 0 Å². The molecule has 1 atom stereocenters. The minimum Gasteiger partial charge on any atom is -0.481 e. The first-order valence-electron chi connectivity index (χ1n) is 6.52. The molecule has 1 unspecified atom stereocenters. The molecular weight excluding hydrogens is 289 g/mol. The number of nitrogens with one attached hydrogen (secondary N) is 1. The third kappa shape index (κ3) is 4.05. The van der Waals surface area contributed by atoms with Gasteiger partial charge in [-0.2, -0.15) is 0 Å². The number of carboxylic acid groups (broad SMARTS) is 1. The highest BCUT2D eigenvalue weighted by Gasteiger charge is 2.15. The molecule has 114 valence electrons. The normalized spacial score (nSPS) is 11.5. The van der Waals surface area contributed by atoms with Gasteiger partial charge in [0.25, 0.3) is 5.91 Å². The quantitative estimate of drug-likeness (QED) is 0.890. The van der Waals surface area contributed by atoms with Crippen LogP contribution in [0.15, 0.2) is 48.5 Å². The first-order chi connectivity index (χ1) is 10.5. The van der Waals surface area contributed by atoms with E-state index in [4.69, 9.17) is 9.84 Å². The standard InChI is InChI=1S/C16H14FNO4/c1-10(22-14-8-4-12(17)5-9-14)15(19)18-13-6-2-11(3-7-13)16(20)21/h2-10H,1H3,(H,18,19)(H,20,21). The Morgan fingerprint density at radius 3 is 2.23 bits per heavy atom. The Labute approximate surface area is 126 Å². The number of anilines is 1. The fourth-order valence-corrected chi connectivity index (χ4v) is 1.71. The van der Waals surface area contributed by atoms with Gasteiger partial charge in [-0.1, -0.05) is 0 Å². The van der Waals surface area contributed by atoms with Crippen molar-refractivity contribution in [3.63, 3.8) is 0 Å². The molecule has 2 rings (SSSR count). The topological polar surface area (TPSA) is 75.6 Å². The SMILES string of the molecule is CC(Oc1ccc(F)cc1)C(=O)Nc1ccc(C(=O)O)cc1. The van der Waals surface area contributed by atoms with Crippen LogP contribution in [-0.2, 0) is 4.79 Å². The van der Waals surface area contributed by atoms with Crippen LogP contribution < -0.4 is 10.1 Å². The van der Waals surface area contributed by atoms with Crippen molar-refractivity contribution in [1.29, 1.82) is 0 Å². The third-order valence-electron chi connectivity index (χ3n) is 2.90. The summed E-state index contributed by atoms with van der Waals surface area (Å²) in [6.07, 6.45) is -0.787. The predicted octanol–water partition coefficient (Wildman–Crippen LogP) is 2.93. The van der Waals surface area contributed by atoms with Gasteiger partial charge in [0.1, 0.15) is 11.6 Å². The highest BCUT2D eigenvalue weighted by atomic mass is 19.1. The van der Waals surface area contributed by atoms with Crippen molar-refractivity contribution >= 4 is 17.6 Å². The van der Waals surface area contributed by atoms with Gasteiger partial charge in [-0.05, 0) is 55.5 Å². The maximum atomic E-state index is 12.8. The lowest BCUT2D eigenvalue weighted by atomic mass is 10.2. The lowest BCUT2D eigenvalue weighted by Gasteiger charge is -2.14. The van der Waals surface area contributed by atoms with Crippen LogP contribution in [0, 0.1) is 5.82 Å². The Kier molecular flexibility index (Phi) is 4.73. The zero-order chi connectivity index (χ0) is 16.1. The molecule has 0 heterocycles. The number of amides is 1. The van der Waals surface area contributed by atoms with E-state index < -0.39 is 18.0 Å². The van der Waals surface area contributed by atoms with Crippen molar-refractivity contribution in [2.45, 2.75) is 13.0 Å². The van der Waals surface area contributed by atoms with E-state index in [-0.39, 0.29) is 11.4 Å². The molecule has 6 heteroatoms. The molecule has 5 nitrogen and oxygen atoms in total. The molecule has 1 amide bonds. The summed E-state index contributed by atoms with van der Waals surface area (Å²) < 4.78 is 18.2. The highest BCUT2D eigenvalue weighted by Crippen LogP contribution is 2.15. The Morgan fingerprint density at radius 2 is 1.68 bits per heavy atom. The molecule has 0 aliphatic rings. The molecular formula is C16H14FNO4. The van der Waals surface area contributed by atoms with E-state index >= 15 is 0 Å². The van der Waals surface area contributed by atoms with Gasteiger partial charge in [-0.3, -0.25) is 4.79 Å². The number of halogens is 1. The molecule has 0 saturated heterocycles. The first-order valence-corrected chi connectivity index (χ1v) is 6.52. The number of benzene rings is 2. The van der Waals surface area contributed by atoms with E-state index in [1.54, 1.807) is 6.92 Å². The van der Waals surface area contributed by atoms with Crippen LogP contribution >= 0.6 is 0 Å². The fraction of sp³-hybridized carbons (Fsp3) is 0.125. The monoisotopic (exact) mass is 303 g/mol. The van der Waals surface area contributed by atoms with Gasteiger partial charge in [0.05, 0.1) is 5.56 Å². The molecule has 0 aromatic heterocycles. The van der Waals surface area contributed by atoms with Crippen LogP contribution in [0.5, 0.6) is 5.75 Å². The molecule has 2 N–H and O–H groups in total. The zero-order valence-corrected chi connectivity index (χ0v) is 11.7. The van der Waals surface area contributed by atoms with Crippen molar-refractivity contribution in [2.75, 3.05) is 5.32 Å². The van der Waals surface area contributed by atoms with Gasteiger partial charge in [0, 0.05) is 5.69 Å². The predicted molar refractivity (Wildman–Crippen MR) is 78.5 cm³/mol. The van der Waals surface area contributed by atoms with Gasteiger partial charge in [0.2, 0.25) is 0 Å². The number of ether oxygens (including phenoxy) is 1. The summed E-state index contributed by atoms with van der Waals surface area (Å²) in [6, 6.07) is 11.1. The number of carbonyl (C=O) groups is 2. The minimum absolute atomic E-state index is 0.133. The van der Waals surface area contributed by atoms with Crippen molar-refractivity contribution in [3.05, 3.63) is 59.9 Å². The Bertz CT molecular complexity index is 668. The van der Waals surface area contributed by atoms with E-state index in [0.29, 0.717) is 11.4 Å². The van der Waals surface area contributed by atoms with Gasteiger partial charge < -0.3 is 15.2 Å². The smallest absolute Gasteiger partial charge is 0.335 e. The van der Waals surface area contributed by atoms with Crippen LogP contribution in [0.25, 0.3) is 0 Å². The van der Waals surface area contributed by atoms with E-state index in [9.17, 15) is 14.0 Å². The zero-order valence-electron chi connectivity index (χ0n) is 11.7. The third-order valence-corrected chi connectivity index (χ3v) is 2.90. The van der Waals surface area contributed by atoms with Crippen LogP contribution in [0.3, 0.4) is 0 Å². The summed E-state index contributed by atoms with van der Waals surface area (Å²) >= 11 is 0. The maximum absolute atomic E-state index is 12.8. The summed E-state index contributed by atoms with van der Waals surface area (Å²) in [6.45, 7) is 1.56. The number of carboxylic acids is 1. The summed E-state index contributed by atoms with van der Waals surface area (Å²) in [7, 11) is 0. The number of aromatic carboxylic acids is 1. The van der Waals surface area contributed by atoms with E-state index in [1.165, 1.54) is 48.5 Å². The largest absolute Gasteiger partial charge is 0.481 e. The summed E-state index contributed by atoms with van der Waals surface area (Å²) in [5.41, 5.74) is 0.596. The molecule has 0 spiro atoms. The lowest BCUT2D eigenvalue weighted by molar-refractivity contribution is -0.122. The Balaban J connectivity index is 1.95. The first kappa shape index (κ1) is 15.5. The second-order valence-electron chi connectivity index (χ2n) is 4.59. The van der Waals surface area contributed by atoms with Crippen LogP contribution in [0.2, 0.25) is 0 Å². The van der Waals surface area contributed by atoms with Crippen molar-refractivity contribution in [3.8, 4) is 5.75 Å². The summed E-state index contributed by atoms with van der Waals surface area (Å²) in [5.74, 6) is -1.44. The molecule has 0 bridgehead atoms. The van der Waals surface area contributed by atoms with Gasteiger partial charge >= 0.3 is 5.97 Å². The molecule has 22 heavy (non-hydrogen) atoms. The van der Waals surface area contributed by atoms with Crippen molar-refractivity contribution in [2.24, 2.45) is 0 Å². The lowest BCUT2D eigenvalue weighted by Crippen LogP contribution is -2.30. The van der Waals surface area contributed by atoms with Crippen LogP contribution in [-0.4, -0.2) is 23.1 Å². The van der Waals surface area contributed by atoms with E-state index in [0.717, 1.165) is 0 Å². The number of hydrogen-bond donors (Lipinski definition) is 2. The number of rotatable bonds is 5. The van der Waals surface area contributed by atoms with E-state index in [2.05, 4.69) is 5.32 Å². The molecule has 2 aromatic carbocycles. The van der Waals surface area contributed by atoms with Crippen LogP contribution in [0.4, 0.5) is 10.1 Å². The van der Waals surface area contributed by atoms with Crippen molar-refractivity contribution in [1.82, 2.24) is 0 Å². The molecule has 0 aliphatic carbocycles. The second kappa shape index (κ2) is 6.71. The Morgan fingerprint density at radius 1 is 1.09 bits per heavy atom. The van der Waals surface area contributed by atoms with Crippen LogP contribution in [0.1, 0.15) is 17.3 Å². The second-order valence-corrected chi connectivity index (χ2v) is 4.59. The Hall–Kier alpha value is -2.89. The average Bonchev–Trinajstić information content (AvgIpc) is 2.50. The fourth-order valence-electron chi connectivity index (χ4n) is 1.71. The molecule has 2 aromatic rings. The van der Waals surface area contributed by atoms with Gasteiger partial charge in [0.15, 0.2) is 6.10 Å². The van der Waals surface area contributed by atoms with Crippen molar-refractivity contribution < 1.29 is 23.8 Å². The highest BCUT2D eigenvalue weighted by molar-refractivity contribution is 5.95. The average molecular weight is 303 g/mol. The molecule has 0 aliphatic heterocycles. The number of carbonyl (C=O) groups excluding carboxylic acids is 1. The number of hydrogen-bond acceptors (Lipinski definition) is 3. The molecule has 0 saturated carbocycles. The maximum Gasteiger partial charge on any atom is 0.335 e. The molecule has 0 fully saturated rings. The minimum atomic E-state index is -1.04. The summed E-state index contributed by atoms with van der Waals surface area (Å²) in [5, 5.41) is 11.4. The van der Waals surface area contributed by atoms with Gasteiger partial charge in [-0.25, -0.2) is 9.18 Å². The van der Waals surface area contributed by atoms with E-state index in [1.807, 2.05) is 0 Å². The molecule has 0 radical (unpaired) electrons. The summed E-state index contributed by atoms with van der Waals surface area (Å²) in [4.78, 5) is 22.7.